The van der Waals surface area contributed by atoms with E-state index < -0.39 is 0 Å². The van der Waals surface area contributed by atoms with Gasteiger partial charge in [0.05, 0.1) is 13.7 Å². The standard InChI is InChI=1S/C10H19N5O2/c1-7(5-16-2)4-12-9-8(17-3)10(15-11)14-6-13-9/h6-7H,4-5,11H2,1-3H3,(H2,12,13,14,15). The Hall–Kier alpha value is -1.60. The lowest BCUT2D eigenvalue weighted by Crippen LogP contribution is -2.18. The minimum absolute atomic E-state index is 0.369. The van der Waals surface area contributed by atoms with E-state index in [9.17, 15) is 0 Å². The molecule has 4 N–H and O–H groups in total. The molecular weight excluding hydrogens is 222 g/mol. The minimum Gasteiger partial charge on any atom is -0.490 e. The summed E-state index contributed by atoms with van der Waals surface area (Å²) in [4.78, 5) is 8.06. The third-order valence-electron chi connectivity index (χ3n) is 2.21. The smallest absolute Gasteiger partial charge is 0.205 e. The fourth-order valence-corrected chi connectivity index (χ4v) is 1.41. The molecule has 7 heteroatoms. The highest BCUT2D eigenvalue weighted by Crippen LogP contribution is 2.27. The van der Waals surface area contributed by atoms with Crippen molar-refractivity contribution in [1.82, 2.24) is 9.97 Å². The first-order chi connectivity index (χ1) is 8.22. The normalized spacial score (nSPS) is 12.0. The van der Waals surface area contributed by atoms with E-state index >= 15 is 0 Å². The second-order valence-corrected chi connectivity index (χ2v) is 3.69. The van der Waals surface area contributed by atoms with Gasteiger partial charge >= 0.3 is 0 Å². The summed E-state index contributed by atoms with van der Waals surface area (Å²) in [6.45, 7) is 3.49. The average Bonchev–Trinajstić information content (AvgIpc) is 2.36. The first-order valence-electron chi connectivity index (χ1n) is 5.31. The number of ether oxygens (including phenoxy) is 2. The summed E-state index contributed by atoms with van der Waals surface area (Å²) in [5.41, 5.74) is 2.46. The molecule has 1 aromatic heterocycles. The van der Waals surface area contributed by atoms with E-state index in [0.717, 1.165) is 6.54 Å². The molecule has 17 heavy (non-hydrogen) atoms. The molecule has 96 valence electrons. The fraction of sp³-hybridized carbons (Fsp3) is 0.600. The van der Waals surface area contributed by atoms with Crippen LogP contribution in [0, 0.1) is 5.92 Å². The summed E-state index contributed by atoms with van der Waals surface area (Å²) in [7, 11) is 3.22. The molecule has 1 atom stereocenters. The van der Waals surface area contributed by atoms with Crippen LogP contribution in [-0.4, -0.2) is 37.3 Å². The molecule has 0 aliphatic carbocycles. The van der Waals surface area contributed by atoms with Gasteiger partial charge in [0.1, 0.15) is 6.33 Å². The van der Waals surface area contributed by atoms with Crippen LogP contribution in [0.15, 0.2) is 6.33 Å². The van der Waals surface area contributed by atoms with Crippen LogP contribution >= 0.6 is 0 Å². The maximum Gasteiger partial charge on any atom is 0.205 e. The zero-order valence-electron chi connectivity index (χ0n) is 10.4. The average molecular weight is 241 g/mol. The topological polar surface area (TPSA) is 94.3 Å². The Morgan fingerprint density at radius 2 is 2.06 bits per heavy atom. The van der Waals surface area contributed by atoms with Crippen LogP contribution in [0.1, 0.15) is 6.92 Å². The largest absolute Gasteiger partial charge is 0.490 e. The lowest BCUT2D eigenvalue weighted by molar-refractivity contribution is 0.164. The lowest BCUT2D eigenvalue weighted by atomic mass is 10.2. The maximum atomic E-state index is 5.33. The second-order valence-electron chi connectivity index (χ2n) is 3.69. The summed E-state index contributed by atoms with van der Waals surface area (Å²) < 4.78 is 10.3. The molecule has 0 aromatic carbocycles. The van der Waals surface area contributed by atoms with Crippen molar-refractivity contribution in [2.45, 2.75) is 6.92 Å². The quantitative estimate of drug-likeness (QED) is 0.471. The number of rotatable bonds is 7. The molecule has 0 bridgehead atoms. The third-order valence-corrected chi connectivity index (χ3v) is 2.21. The maximum absolute atomic E-state index is 5.33. The van der Waals surface area contributed by atoms with E-state index in [-0.39, 0.29) is 0 Å². The summed E-state index contributed by atoms with van der Waals surface area (Å²) in [6.07, 6.45) is 1.42. The number of nitrogen functional groups attached to an aromatic ring is 1. The van der Waals surface area contributed by atoms with Crippen LogP contribution in [0.5, 0.6) is 5.75 Å². The molecule has 0 aliphatic rings. The number of hydrazine groups is 1. The number of anilines is 2. The second kappa shape index (κ2) is 6.87. The molecule has 1 aromatic rings. The number of nitrogens with one attached hydrogen (secondary N) is 2. The van der Waals surface area contributed by atoms with Crippen LogP contribution < -0.4 is 21.3 Å². The third kappa shape index (κ3) is 3.72. The number of hydrogen-bond acceptors (Lipinski definition) is 7. The van der Waals surface area contributed by atoms with Gasteiger partial charge in [0.25, 0.3) is 0 Å². The number of methoxy groups -OCH3 is 2. The zero-order chi connectivity index (χ0) is 12.7. The summed E-state index contributed by atoms with van der Waals surface area (Å²) in [6, 6.07) is 0. The van der Waals surface area contributed by atoms with Crippen molar-refractivity contribution < 1.29 is 9.47 Å². The van der Waals surface area contributed by atoms with Crippen molar-refractivity contribution in [2.24, 2.45) is 11.8 Å². The number of aromatic nitrogens is 2. The predicted molar refractivity (Wildman–Crippen MR) is 65.9 cm³/mol. The number of hydrogen-bond donors (Lipinski definition) is 3. The summed E-state index contributed by atoms with van der Waals surface area (Å²) in [5.74, 6) is 7.26. The predicted octanol–water partition coefficient (Wildman–Crippen LogP) is 0.465. The molecule has 0 spiro atoms. The van der Waals surface area contributed by atoms with Gasteiger partial charge in [0.2, 0.25) is 5.75 Å². The Kier molecular flexibility index (Phi) is 5.44. The van der Waals surface area contributed by atoms with Gasteiger partial charge in [-0.2, -0.15) is 0 Å². The first kappa shape index (κ1) is 13.5. The summed E-state index contributed by atoms with van der Waals surface area (Å²) in [5, 5.41) is 3.17. The van der Waals surface area contributed by atoms with Gasteiger partial charge in [0, 0.05) is 13.7 Å². The highest BCUT2D eigenvalue weighted by atomic mass is 16.5. The van der Waals surface area contributed by atoms with Crippen molar-refractivity contribution >= 4 is 11.6 Å². The van der Waals surface area contributed by atoms with Gasteiger partial charge in [-0.1, -0.05) is 6.92 Å². The molecule has 1 unspecified atom stereocenters. The van der Waals surface area contributed by atoms with E-state index in [1.807, 2.05) is 0 Å². The van der Waals surface area contributed by atoms with Gasteiger partial charge in [-0.3, -0.25) is 0 Å². The van der Waals surface area contributed by atoms with Crippen molar-refractivity contribution in [3.8, 4) is 5.75 Å². The molecule has 0 aliphatic heterocycles. The molecular formula is C10H19N5O2. The number of nitrogens with zero attached hydrogens (tertiary/aromatic N) is 2. The zero-order valence-corrected chi connectivity index (χ0v) is 10.4. The van der Waals surface area contributed by atoms with Crippen LogP contribution in [0.2, 0.25) is 0 Å². The van der Waals surface area contributed by atoms with Crippen LogP contribution in [0.3, 0.4) is 0 Å². The first-order valence-corrected chi connectivity index (χ1v) is 5.31. The van der Waals surface area contributed by atoms with E-state index in [1.54, 1.807) is 14.2 Å². The monoisotopic (exact) mass is 241 g/mol. The molecule has 0 radical (unpaired) electrons. The Labute approximate surface area is 101 Å². The molecule has 0 amide bonds. The molecule has 0 fully saturated rings. The van der Waals surface area contributed by atoms with E-state index in [4.69, 9.17) is 15.3 Å². The van der Waals surface area contributed by atoms with E-state index in [2.05, 4.69) is 27.6 Å². The Morgan fingerprint density at radius 3 is 2.65 bits per heavy atom. The van der Waals surface area contributed by atoms with Crippen molar-refractivity contribution in [1.29, 1.82) is 0 Å². The van der Waals surface area contributed by atoms with E-state index in [0.29, 0.717) is 29.9 Å². The van der Waals surface area contributed by atoms with Crippen LogP contribution in [0.25, 0.3) is 0 Å². The van der Waals surface area contributed by atoms with Crippen molar-refractivity contribution in [3.63, 3.8) is 0 Å². The molecule has 0 saturated carbocycles. The fourth-order valence-electron chi connectivity index (χ4n) is 1.41. The highest BCUT2D eigenvalue weighted by molar-refractivity contribution is 5.62. The van der Waals surface area contributed by atoms with E-state index in [1.165, 1.54) is 6.33 Å². The van der Waals surface area contributed by atoms with Gasteiger partial charge in [0.15, 0.2) is 11.6 Å². The van der Waals surface area contributed by atoms with Crippen LogP contribution in [-0.2, 0) is 4.74 Å². The molecule has 0 saturated heterocycles. The summed E-state index contributed by atoms with van der Waals surface area (Å²) >= 11 is 0. The van der Waals surface area contributed by atoms with Gasteiger partial charge in [-0.05, 0) is 5.92 Å². The van der Waals surface area contributed by atoms with Gasteiger partial charge in [-0.15, -0.1) is 0 Å². The van der Waals surface area contributed by atoms with Crippen molar-refractivity contribution in [2.75, 3.05) is 38.1 Å². The van der Waals surface area contributed by atoms with Crippen LogP contribution in [0.4, 0.5) is 11.6 Å². The van der Waals surface area contributed by atoms with Crippen molar-refractivity contribution in [3.05, 3.63) is 6.33 Å². The molecule has 7 nitrogen and oxygen atoms in total. The lowest BCUT2D eigenvalue weighted by Gasteiger charge is -2.15. The van der Waals surface area contributed by atoms with Gasteiger partial charge in [-0.25, -0.2) is 15.8 Å². The highest BCUT2D eigenvalue weighted by Gasteiger charge is 2.11. The Morgan fingerprint density at radius 1 is 1.35 bits per heavy atom. The van der Waals surface area contributed by atoms with Gasteiger partial charge < -0.3 is 20.2 Å². The molecule has 1 rings (SSSR count). The Bertz CT molecular complexity index is 347. The molecule has 1 heterocycles. The SMILES string of the molecule is COCC(C)CNc1ncnc(NN)c1OC. The Balaban J connectivity index is 2.70. The minimum atomic E-state index is 0.369. The number of nitrogens with two attached hydrogens (primary N) is 1.